The second kappa shape index (κ2) is 11.3. The van der Waals surface area contributed by atoms with Crippen LogP contribution in [0.4, 0.5) is 0 Å². The molecular formula is C24H33N5O4. The first-order valence-corrected chi connectivity index (χ1v) is 10.9. The van der Waals surface area contributed by atoms with E-state index in [-0.39, 0.29) is 8.82 Å². The number of aromatic nitrogens is 3. The monoisotopic (exact) mass is 455 g/mol. The third-order valence-electron chi connectivity index (χ3n) is 5.37. The molecule has 0 atom stereocenters. The number of primary amides is 1. The minimum Gasteiger partial charge on any atom is -0.465 e. The number of methoxy groups -OCH3 is 1. The van der Waals surface area contributed by atoms with E-state index in [2.05, 4.69) is 19.7 Å². The predicted octanol–water partition coefficient (Wildman–Crippen LogP) is 3.34. The molecule has 178 valence electrons. The zero-order valence-corrected chi connectivity index (χ0v) is 18.6. The maximum absolute atomic E-state index is 11.1. The summed E-state index contributed by atoms with van der Waals surface area (Å²) in [5.74, 6) is 0.508. The number of hydrogen-bond acceptors (Lipinski definition) is 7. The summed E-state index contributed by atoms with van der Waals surface area (Å²) in [7, 11) is 1.36. The molecular weight excluding hydrogens is 422 g/mol. The first kappa shape index (κ1) is 24.1. The smallest absolute Gasteiger partial charge is 0.337 e. The lowest BCUT2D eigenvalue weighted by molar-refractivity contribution is -0.108. The molecule has 0 unspecified atom stereocenters. The normalized spacial score (nSPS) is 14.4. The Labute approximate surface area is 194 Å². The molecule has 0 spiro atoms. The summed E-state index contributed by atoms with van der Waals surface area (Å²) >= 11 is 0. The van der Waals surface area contributed by atoms with Crippen molar-refractivity contribution >= 4 is 29.3 Å². The van der Waals surface area contributed by atoms with Crippen molar-refractivity contribution in [2.24, 2.45) is 17.4 Å². The molecule has 1 amide bonds. The van der Waals surface area contributed by atoms with E-state index in [0.717, 1.165) is 42.7 Å². The minimum absolute atomic E-state index is 0. The van der Waals surface area contributed by atoms with Crippen molar-refractivity contribution in [1.82, 2.24) is 15.0 Å². The van der Waals surface area contributed by atoms with Crippen LogP contribution in [0.25, 0.3) is 11.2 Å². The van der Waals surface area contributed by atoms with Crippen LogP contribution in [0.3, 0.4) is 0 Å². The van der Waals surface area contributed by atoms with E-state index in [1.165, 1.54) is 20.0 Å². The highest BCUT2D eigenvalue weighted by molar-refractivity contribution is 6.03. The number of nitrogens with two attached hydrogens (primary N) is 2. The summed E-state index contributed by atoms with van der Waals surface area (Å²) in [5, 5.41) is 0. The highest BCUT2D eigenvalue weighted by Crippen LogP contribution is 2.39. The SMILES string of the molecule is COC(=O)c1cccc(CN)c1.NC(=O)c1c[nH]c2ncc(C3CC3)nc12.O=CCC1CC1.[HH].[HH]. The molecule has 0 saturated heterocycles. The number of H-pyrrole nitrogens is 1. The van der Waals surface area contributed by atoms with E-state index in [4.69, 9.17) is 11.5 Å². The van der Waals surface area contributed by atoms with Crippen LogP contribution in [-0.4, -0.2) is 40.2 Å². The van der Waals surface area contributed by atoms with Crippen molar-refractivity contribution in [2.75, 3.05) is 7.11 Å². The highest BCUT2D eigenvalue weighted by Gasteiger charge is 2.26. The Morgan fingerprint density at radius 2 is 2.03 bits per heavy atom. The van der Waals surface area contributed by atoms with Gasteiger partial charge in [-0.05, 0) is 49.3 Å². The van der Waals surface area contributed by atoms with Crippen LogP contribution < -0.4 is 11.5 Å². The number of nitrogens with one attached hydrogen (secondary N) is 1. The van der Waals surface area contributed by atoms with Gasteiger partial charge in [0, 0.05) is 27.9 Å². The van der Waals surface area contributed by atoms with Gasteiger partial charge in [-0.1, -0.05) is 12.1 Å². The molecule has 9 nitrogen and oxygen atoms in total. The lowest BCUT2D eigenvalue weighted by Crippen LogP contribution is -2.10. The van der Waals surface area contributed by atoms with Gasteiger partial charge in [0.1, 0.15) is 11.8 Å². The Balaban J connectivity index is 0.000000276. The van der Waals surface area contributed by atoms with Gasteiger partial charge in [0.05, 0.1) is 30.1 Å². The Morgan fingerprint density at radius 3 is 2.58 bits per heavy atom. The van der Waals surface area contributed by atoms with Crippen LogP contribution in [0, 0.1) is 5.92 Å². The summed E-state index contributed by atoms with van der Waals surface area (Å²) < 4.78 is 4.56. The summed E-state index contributed by atoms with van der Waals surface area (Å²) in [6, 6.07) is 7.08. The van der Waals surface area contributed by atoms with Gasteiger partial charge < -0.3 is 26.0 Å². The molecule has 2 heterocycles. The first-order valence-electron chi connectivity index (χ1n) is 10.9. The van der Waals surface area contributed by atoms with Gasteiger partial charge in [-0.25, -0.2) is 14.8 Å². The molecule has 5 rings (SSSR count). The number of rotatable bonds is 6. The van der Waals surface area contributed by atoms with Crippen molar-refractivity contribution in [3.8, 4) is 0 Å². The molecule has 0 bridgehead atoms. The van der Waals surface area contributed by atoms with Crippen molar-refractivity contribution in [2.45, 2.75) is 44.6 Å². The number of amides is 1. The fraction of sp³-hybridized carbons (Fsp3) is 0.375. The second-order valence-corrected chi connectivity index (χ2v) is 8.07. The van der Waals surface area contributed by atoms with Crippen LogP contribution in [0.1, 0.15) is 72.8 Å². The Kier molecular flexibility index (Phi) is 8.26. The quantitative estimate of drug-likeness (QED) is 0.380. The Morgan fingerprint density at radius 1 is 1.27 bits per heavy atom. The van der Waals surface area contributed by atoms with E-state index in [1.54, 1.807) is 30.6 Å². The zero-order chi connectivity index (χ0) is 23.8. The highest BCUT2D eigenvalue weighted by atomic mass is 16.5. The van der Waals surface area contributed by atoms with E-state index < -0.39 is 5.91 Å². The fourth-order valence-corrected chi connectivity index (χ4v) is 3.10. The maximum atomic E-state index is 11.1. The standard InChI is InChI=1S/C10H10N4O.C9H11NO2.C5H8O.2H2/c11-9(15)6-3-12-10-8(6)14-7(4-13-10)5-1-2-5;1-12-9(11)8-4-2-3-7(5-8)6-10;6-4-3-5-1-2-5;;/h3-5H,1-2H2,(H2,11,15)(H,12,13);2-5H,6,10H2,1H3;4-5H,1-3H2;2*1H. The van der Waals surface area contributed by atoms with Gasteiger partial charge in [-0.3, -0.25) is 4.79 Å². The lowest BCUT2D eigenvalue weighted by atomic mass is 10.1. The molecule has 0 radical (unpaired) electrons. The molecule has 2 aromatic heterocycles. The van der Waals surface area contributed by atoms with E-state index in [9.17, 15) is 14.4 Å². The number of nitrogens with zero attached hydrogens (tertiary/aromatic N) is 2. The number of carbonyl (C=O) groups is 3. The second-order valence-electron chi connectivity index (χ2n) is 8.07. The predicted molar refractivity (Wildman–Crippen MR) is 128 cm³/mol. The number of ether oxygens (including phenoxy) is 1. The van der Waals surface area contributed by atoms with Gasteiger partial charge >= 0.3 is 5.97 Å². The largest absolute Gasteiger partial charge is 0.465 e. The summed E-state index contributed by atoms with van der Waals surface area (Å²) in [4.78, 5) is 43.3. The van der Waals surface area contributed by atoms with Crippen molar-refractivity contribution < 1.29 is 22.0 Å². The van der Waals surface area contributed by atoms with Crippen LogP contribution >= 0.6 is 0 Å². The number of fused-ring (bicyclic) bond motifs is 1. The molecule has 0 aliphatic heterocycles. The fourth-order valence-electron chi connectivity index (χ4n) is 3.10. The summed E-state index contributed by atoms with van der Waals surface area (Å²) in [6.07, 6.45) is 10.0. The lowest BCUT2D eigenvalue weighted by Gasteiger charge is -2.00. The number of hydrogen-bond donors (Lipinski definition) is 3. The number of aldehydes is 1. The molecule has 2 fully saturated rings. The van der Waals surface area contributed by atoms with Crippen LogP contribution in [0.15, 0.2) is 36.7 Å². The van der Waals surface area contributed by atoms with Crippen LogP contribution in [-0.2, 0) is 16.1 Å². The molecule has 5 N–H and O–H groups in total. The van der Waals surface area contributed by atoms with E-state index in [1.807, 2.05) is 6.07 Å². The number of benzene rings is 1. The summed E-state index contributed by atoms with van der Waals surface area (Å²) in [5.41, 5.74) is 14.7. The molecule has 33 heavy (non-hydrogen) atoms. The van der Waals surface area contributed by atoms with Gasteiger partial charge in [0.2, 0.25) is 0 Å². The third-order valence-corrected chi connectivity index (χ3v) is 5.37. The minimum atomic E-state index is -0.469. The van der Waals surface area contributed by atoms with Gasteiger partial charge in [-0.15, -0.1) is 0 Å². The van der Waals surface area contributed by atoms with Crippen LogP contribution in [0.5, 0.6) is 0 Å². The van der Waals surface area contributed by atoms with Crippen LogP contribution in [0.2, 0.25) is 0 Å². The average molecular weight is 456 g/mol. The van der Waals surface area contributed by atoms with Crippen molar-refractivity contribution in [1.29, 1.82) is 0 Å². The number of esters is 1. The Hall–Kier alpha value is -3.59. The van der Waals surface area contributed by atoms with Gasteiger partial charge in [-0.2, -0.15) is 0 Å². The van der Waals surface area contributed by atoms with E-state index >= 15 is 0 Å². The maximum Gasteiger partial charge on any atom is 0.337 e. The van der Waals surface area contributed by atoms with Gasteiger partial charge in [0.15, 0.2) is 5.65 Å². The topological polar surface area (TPSA) is 154 Å². The number of carbonyl (C=O) groups excluding carboxylic acids is 3. The summed E-state index contributed by atoms with van der Waals surface area (Å²) in [6.45, 7) is 0.435. The molecule has 2 saturated carbocycles. The first-order chi connectivity index (χ1) is 16.0. The molecule has 9 heteroatoms. The van der Waals surface area contributed by atoms with Gasteiger partial charge in [0.25, 0.3) is 5.91 Å². The average Bonchev–Trinajstić information content (AvgIpc) is 3.77. The molecule has 2 aliphatic rings. The zero-order valence-electron chi connectivity index (χ0n) is 18.6. The van der Waals surface area contributed by atoms with Crippen molar-refractivity contribution in [3.63, 3.8) is 0 Å². The molecule has 3 aromatic rings. The number of aromatic amines is 1. The molecule has 2 aliphatic carbocycles. The van der Waals surface area contributed by atoms with E-state index in [0.29, 0.717) is 34.8 Å². The Bertz CT molecular complexity index is 1130. The molecule has 1 aromatic carbocycles. The third kappa shape index (κ3) is 6.95. The van der Waals surface area contributed by atoms with Crippen molar-refractivity contribution in [3.05, 3.63) is 59.0 Å².